The van der Waals surface area contributed by atoms with Gasteiger partial charge < -0.3 is 0 Å². The van der Waals surface area contributed by atoms with Gasteiger partial charge in [0.1, 0.15) is 0 Å². The molecule has 1 heterocycles. The van der Waals surface area contributed by atoms with Crippen LogP contribution < -0.4 is 0 Å². The number of thiophene rings is 1. The van der Waals surface area contributed by atoms with E-state index < -0.39 is 11.6 Å². The van der Waals surface area contributed by atoms with Gasteiger partial charge in [-0.15, -0.1) is 0 Å². The summed E-state index contributed by atoms with van der Waals surface area (Å²) in [6.45, 7) is 0. The van der Waals surface area contributed by atoms with Crippen molar-refractivity contribution >= 4 is 22.9 Å². The number of ketones is 2. The molecule has 1 aromatic heterocycles. The van der Waals surface area contributed by atoms with Crippen LogP contribution in [0.25, 0.3) is 0 Å². The van der Waals surface area contributed by atoms with Gasteiger partial charge in [0.2, 0.25) is 11.6 Å². The summed E-state index contributed by atoms with van der Waals surface area (Å²) < 4.78 is 0. The molecular weight excluding hydrogens is 208 g/mol. The fourth-order valence-corrected chi connectivity index (χ4v) is 1.88. The molecule has 0 amide bonds. The largest absolute Gasteiger partial charge is 0.285 e. The summed E-state index contributed by atoms with van der Waals surface area (Å²) in [6, 6.07) is 10.3. The van der Waals surface area contributed by atoms with Crippen molar-refractivity contribution in [3.63, 3.8) is 0 Å². The summed E-state index contributed by atoms with van der Waals surface area (Å²) in [5.74, 6) is -0.892. The van der Waals surface area contributed by atoms with Crippen molar-refractivity contribution in [2.24, 2.45) is 0 Å². The molecule has 0 radical (unpaired) electrons. The molecule has 0 unspecified atom stereocenters. The third kappa shape index (κ3) is 2.02. The average Bonchev–Trinajstić information content (AvgIpc) is 2.82. The van der Waals surface area contributed by atoms with Crippen LogP contribution in [0.4, 0.5) is 0 Å². The Morgan fingerprint density at radius 3 is 2.13 bits per heavy atom. The molecule has 0 aliphatic carbocycles. The van der Waals surface area contributed by atoms with Crippen molar-refractivity contribution < 1.29 is 9.59 Å². The minimum atomic E-state index is -0.450. The second-order valence-electron chi connectivity index (χ2n) is 3.04. The third-order valence-corrected chi connectivity index (χ3v) is 2.71. The molecule has 0 atom stereocenters. The van der Waals surface area contributed by atoms with Crippen molar-refractivity contribution in [2.75, 3.05) is 0 Å². The lowest BCUT2D eigenvalue weighted by atomic mass is 10.0. The van der Waals surface area contributed by atoms with Crippen molar-refractivity contribution in [3.8, 4) is 0 Å². The zero-order valence-electron chi connectivity index (χ0n) is 7.84. The van der Waals surface area contributed by atoms with Gasteiger partial charge in [-0.1, -0.05) is 30.3 Å². The molecular formula is C12H8O2S. The quantitative estimate of drug-likeness (QED) is 0.584. The molecule has 0 aliphatic heterocycles. The standard InChI is InChI=1S/C12H8O2S/c13-11(9-4-2-1-3-5-9)12(14)10-6-7-15-8-10/h1-8H. The Morgan fingerprint density at radius 1 is 0.867 bits per heavy atom. The Morgan fingerprint density at radius 2 is 1.53 bits per heavy atom. The molecule has 2 rings (SSSR count). The molecule has 0 bridgehead atoms. The molecule has 1 aromatic carbocycles. The van der Waals surface area contributed by atoms with Crippen LogP contribution in [0.1, 0.15) is 20.7 Å². The molecule has 15 heavy (non-hydrogen) atoms. The Labute approximate surface area is 91.2 Å². The van der Waals surface area contributed by atoms with Gasteiger partial charge >= 0.3 is 0 Å². The van der Waals surface area contributed by atoms with E-state index in [1.54, 1.807) is 41.1 Å². The first-order chi connectivity index (χ1) is 7.29. The normalized spacial score (nSPS) is 9.87. The number of Topliss-reactive ketones (excluding diaryl/α,β-unsaturated/α-hetero) is 2. The van der Waals surface area contributed by atoms with E-state index in [9.17, 15) is 9.59 Å². The van der Waals surface area contributed by atoms with Crippen LogP contribution in [0.15, 0.2) is 47.2 Å². The highest BCUT2D eigenvalue weighted by atomic mass is 32.1. The Bertz CT molecular complexity index is 472. The minimum absolute atomic E-state index is 0.439. The van der Waals surface area contributed by atoms with Gasteiger partial charge in [-0.25, -0.2) is 0 Å². The molecule has 3 heteroatoms. The number of carbonyl (C=O) groups is 2. The predicted octanol–water partition coefficient (Wildman–Crippen LogP) is 2.81. The highest BCUT2D eigenvalue weighted by Gasteiger charge is 2.17. The second-order valence-corrected chi connectivity index (χ2v) is 3.82. The molecule has 0 spiro atoms. The maximum atomic E-state index is 11.7. The SMILES string of the molecule is O=C(C(=O)c1ccsc1)c1ccccc1. The fourth-order valence-electron chi connectivity index (χ4n) is 1.25. The van der Waals surface area contributed by atoms with E-state index in [4.69, 9.17) is 0 Å². The summed E-state index contributed by atoms with van der Waals surface area (Å²) in [5, 5.41) is 3.47. The summed E-state index contributed by atoms with van der Waals surface area (Å²) in [7, 11) is 0. The topological polar surface area (TPSA) is 34.1 Å². The van der Waals surface area contributed by atoms with Gasteiger partial charge in [0.05, 0.1) is 0 Å². The molecule has 74 valence electrons. The number of carbonyl (C=O) groups excluding carboxylic acids is 2. The van der Waals surface area contributed by atoms with Gasteiger partial charge in [0.15, 0.2) is 0 Å². The van der Waals surface area contributed by atoms with Crippen molar-refractivity contribution in [1.82, 2.24) is 0 Å². The summed E-state index contributed by atoms with van der Waals surface area (Å²) in [5.41, 5.74) is 0.905. The van der Waals surface area contributed by atoms with Crippen LogP contribution in [-0.2, 0) is 0 Å². The molecule has 2 nitrogen and oxygen atoms in total. The number of rotatable bonds is 3. The molecule has 0 saturated carbocycles. The minimum Gasteiger partial charge on any atom is -0.285 e. The monoisotopic (exact) mass is 216 g/mol. The summed E-state index contributed by atoms with van der Waals surface area (Å²) in [6.07, 6.45) is 0. The molecule has 0 fully saturated rings. The van der Waals surface area contributed by atoms with Gasteiger partial charge in [-0.05, 0) is 11.4 Å². The lowest BCUT2D eigenvalue weighted by Gasteiger charge is -1.97. The van der Waals surface area contributed by atoms with Crippen molar-refractivity contribution in [1.29, 1.82) is 0 Å². The molecule has 0 aliphatic rings. The number of hydrogen-bond donors (Lipinski definition) is 0. The van der Waals surface area contributed by atoms with E-state index in [-0.39, 0.29) is 0 Å². The van der Waals surface area contributed by atoms with Crippen LogP contribution in [0, 0.1) is 0 Å². The van der Waals surface area contributed by atoms with Crippen LogP contribution in [0.3, 0.4) is 0 Å². The van der Waals surface area contributed by atoms with Crippen molar-refractivity contribution in [3.05, 3.63) is 58.3 Å². The van der Waals surface area contributed by atoms with E-state index in [1.807, 2.05) is 6.07 Å². The third-order valence-electron chi connectivity index (χ3n) is 2.03. The first kappa shape index (κ1) is 9.80. The Hall–Kier alpha value is -1.74. The lowest BCUT2D eigenvalue weighted by molar-refractivity contribution is 0.0817. The average molecular weight is 216 g/mol. The first-order valence-corrected chi connectivity index (χ1v) is 5.39. The molecule has 2 aromatic rings. The van der Waals surface area contributed by atoms with Crippen molar-refractivity contribution in [2.45, 2.75) is 0 Å². The van der Waals surface area contributed by atoms with Crippen LogP contribution in [-0.4, -0.2) is 11.6 Å². The van der Waals surface area contributed by atoms with E-state index in [0.717, 1.165) is 0 Å². The smallest absolute Gasteiger partial charge is 0.234 e. The van der Waals surface area contributed by atoms with Crippen LogP contribution in [0.2, 0.25) is 0 Å². The summed E-state index contributed by atoms with van der Waals surface area (Å²) in [4.78, 5) is 23.4. The van der Waals surface area contributed by atoms with Gasteiger partial charge in [0.25, 0.3) is 0 Å². The number of benzene rings is 1. The van der Waals surface area contributed by atoms with E-state index >= 15 is 0 Å². The second kappa shape index (κ2) is 4.19. The predicted molar refractivity (Wildman–Crippen MR) is 59.4 cm³/mol. The zero-order valence-corrected chi connectivity index (χ0v) is 8.66. The van der Waals surface area contributed by atoms with E-state index in [2.05, 4.69) is 0 Å². The van der Waals surface area contributed by atoms with Gasteiger partial charge in [-0.3, -0.25) is 9.59 Å². The first-order valence-electron chi connectivity index (χ1n) is 4.45. The van der Waals surface area contributed by atoms with E-state index in [1.165, 1.54) is 11.3 Å². The zero-order chi connectivity index (χ0) is 10.7. The highest BCUT2D eigenvalue weighted by Crippen LogP contribution is 2.10. The fraction of sp³-hybridized carbons (Fsp3) is 0. The Kier molecular flexibility index (Phi) is 2.74. The maximum absolute atomic E-state index is 11.7. The lowest BCUT2D eigenvalue weighted by Crippen LogP contribution is -2.13. The number of hydrogen-bond acceptors (Lipinski definition) is 3. The highest BCUT2D eigenvalue weighted by molar-refractivity contribution is 7.08. The molecule has 0 N–H and O–H groups in total. The van der Waals surface area contributed by atoms with Gasteiger partial charge in [0, 0.05) is 16.5 Å². The van der Waals surface area contributed by atoms with Crippen LogP contribution in [0.5, 0.6) is 0 Å². The van der Waals surface area contributed by atoms with Crippen LogP contribution >= 0.6 is 11.3 Å². The Balaban J connectivity index is 2.27. The van der Waals surface area contributed by atoms with E-state index in [0.29, 0.717) is 11.1 Å². The maximum Gasteiger partial charge on any atom is 0.234 e. The summed E-state index contributed by atoms with van der Waals surface area (Å²) >= 11 is 1.41. The molecule has 0 saturated heterocycles. The van der Waals surface area contributed by atoms with Gasteiger partial charge in [-0.2, -0.15) is 11.3 Å².